The molecule has 5 heteroatoms. The number of para-hydroxylation sites is 1. The van der Waals surface area contributed by atoms with Crippen molar-refractivity contribution in [3.8, 4) is 0 Å². The first kappa shape index (κ1) is 16.7. The Balaban J connectivity index is 1.38. The average Bonchev–Trinajstić information content (AvgIpc) is 3.10. The molecule has 1 atom stereocenters. The Labute approximate surface area is 143 Å². The largest absolute Gasteiger partial charge is 0.325 e. The van der Waals surface area contributed by atoms with E-state index < -0.39 is 0 Å². The van der Waals surface area contributed by atoms with Gasteiger partial charge in [0.25, 0.3) is 0 Å². The molecule has 2 heterocycles. The molecule has 0 bridgehead atoms. The summed E-state index contributed by atoms with van der Waals surface area (Å²) in [5, 5.41) is 7.11. The maximum absolute atomic E-state index is 12.1. The summed E-state index contributed by atoms with van der Waals surface area (Å²) >= 11 is 6.06. The smallest absolute Gasteiger partial charge is 0.225 e. The van der Waals surface area contributed by atoms with E-state index in [1.807, 2.05) is 18.2 Å². The van der Waals surface area contributed by atoms with Crippen LogP contribution in [0.5, 0.6) is 0 Å². The molecule has 3 rings (SSSR count). The molecule has 1 aromatic carbocycles. The van der Waals surface area contributed by atoms with Crippen LogP contribution in [0.4, 0.5) is 5.69 Å². The maximum Gasteiger partial charge on any atom is 0.225 e. The highest BCUT2D eigenvalue weighted by molar-refractivity contribution is 6.33. The third-order valence-corrected chi connectivity index (χ3v) is 5.43. The van der Waals surface area contributed by atoms with Crippen molar-refractivity contribution in [1.82, 2.24) is 10.2 Å². The predicted molar refractivity (Wildman–Crippen MR) is 94.9 cm³/mol. The zero-order valence-electron chi connectivity index (χ0n) is 13.6. The van der Waals surface area contributed by atoms with Gasteiger partial charge in [0.1, 0.15) is 0 Å². The highest BCUT2D eigenvalue weighted by atomic mass is 35.5. The van der Waals surface area contributed by atoms with Crippen molar-refractivity contribution in [2.24, 2.45) is 5.92 Å². The van der Waals surface area contributed by atoms with Crippen LogP contribution in [-0.4, -0.2) is 43.0 Å². The zero-order valence-corrected chi connectivity index (χ0v) is 14.3. The number of rotatable bonds is 5. The van der Waals surface area contributed by atoms with Crippen molar-refractivity contribution in [3.63, 3.8) is 0 Å². The number of hydrogen-bond donors (Lipinski definition) is 2. The highest BCUT2D eigenvalue weighted by Crippen LogP contribution is 2.25. The van der Waals surface area contributed by atoms with Crippen molar-refractivity contribution in [2.45, 2.75) is 38.1 Å². The number of halogens is 1. The minimum atomic E-state index is 0.0395. The molecular weight excluding hydrogens is 310 g/mol. The molecular formula is C18H26ClN3O. The van der Waals surface area contributed by atoms with Gasteiger partial charge in [-0.05, 0) is 63.4 Å². The molecule has 2 N–H and O–H groups in total. The number of amides is 1. The minimum absolute atomic E-state index is 0.0395. The summed E-state index contributed by atoms with van der Waals surface area (Å²) in [7, 11) is 0. The van der Waals surface area contributed by atoms with E-state index in [9.17, 15) is 4.79 Å². The van der Waals surface area contributed by atoms with E-state index in [1.165, 1.54) is 32.2 Å². The van der Waals surface area contributed by atoms with Gasteiger partial charge in [-0.1, -0.05) is 23.7 Å². The monoisotopic (exact) mass is 335 g/mol. The minimum Gasteiger partial charge on any atom is -0.325 e. The fraction of sp³-hybridized carbons (Fsp3) is 0.611. The standard InChI is InChI=1S/C18H26ClN3O/c19-15-4-1-2-5-17(15)21-18(23)9-13-22-11-7-14(8-12-22)16-6-3-10-20-16/h1-2,4-5,14,16,20H,3,6-13H2,(H,21,23). The number of benzene rings is 1. The molecule has 1 aromatic rings. The van der Waals surface area contributed by atoms with Gasteiger partial charge in [0.2, 0.25) is 5.91 Å². The molecule has 0 aliphatic carbocycles. The van der Waals surface area contributed by atoms with E-state index in [-0.39, 0.29) is 5.91 Å². The Kier molecular flexibility index (Phi) is 5.92. The van der Waals surface area contributed by atoms with E-state index in [0.29, 0.717) is 17.1 Å². The van der Waals surface area contributed by atoms with Crippen molar-refractivity contribution in [1.29, 1.82) is 0 Å². The number of nitrogens with one attached hydrogen (secondary N) is 2. The first-order valence-electron chi connectivity index (χ1n) is 8.72. The van der Waals surface area contributed by atoms with Crippen molar-refractivity contribution in [2.75, 3.05) is 31.5 Å². The Morgan fingerprint density at radius 2 is 2.04 bits per heavy atom. The number of hydrogen-bond acceptors (Lipinski definition) is 3. The highest BCUT2D eigenvalue weighted by Gasteiger charge is 2.28. The van der Waals surface area contributed by atoms with Gasteiger partial charge in [0, 0.05) is 19.0 Å². The summed E-state index contributed by atoms with van der Waals surface area (Å²) in [5.41, 5.74) is 0.699. The first-order chi connectivity index (χ1) is 11.2. The Hall–Kier alpha value is -1.10. The number of piperidine rings is 1. The van der Waals surface area contributed by atoms with Crippen LogP contribution in [0, 0.1) is 5.92 Å². The van der Waals surface area contributed by atoms with Crippen LogP contribution in [0.2, 0.25) is 5.02 Å². The summed E-state index contributed by atoms with van der Waals surface area (Å²) in [6.45, 7) is 4.25. The maximum atomic E-state index is 12.1. The molecule has 2 aliphatic rings. The number of likely N-dealkylation sites (tertiary alicyclic amines) is 1. The van der Waals surface area contributed by atoms with Gasteiger partial charge >= 0.3 is 0 Å². The van der Waals surface area contributed by atoms with Gasteiger partial charge in [-0.15, -0.1) is 0 Å². The van der Waals surface area contributed by atoms with Gasteiger partial charge in [-0.2, -0.15) is 0 Å². The number of anilines is 1. The van der Waals surface area contributed by atoms with Crippen LogP contribution in [0.1, 0.15) is 32.1 Å². The predicted octanol–water partition coefficient (Wildman–Crippen LogP) is 3.13. The van der Waals surface area contributed by atoms with Gasteiger partial charge in [0.15, 0.2) is 0 Å². The molecule has 4 nitrogen and oxygen atoms in total. The van der Waals surface area contributed by atoms with E-state index >= 15 is 0 Å². The fourth-order valence-corrected chi connectivity index (χ4v) is 3.91. The fourth-order valence-electron chi connectivity index (χ4n) is 3.73. The molecule has 2 aliphatic heterocycles. The molecule has 2 saturated heterocycles. The Morgan fingerprint density at radius 1 is 1.26 bits per heavy atom. The van der Waals surface area contributed by atoms with E-state index in [1.54, 1.807) is 6.07 Å². The van der Waals surface area contributed by atoms with Crippen molar-refractivity contribution < 1.29 is 4.79 Å². The number of carbonyl (C=O) groups is 1. The van der Waals surface area contributed by atoms with Crippen LogP contribution < -0.4 is 10.6 Å². The summed E-state index contributed by atoms with van der Waals surface area (Å²) in [4.78, 5) is 14.5. The molecule has 0 aromatic heterocycles. The lowest BCUT2D eigenvalue weighted by molar-refractivity contribution is -0.116. The van der Waals surface area contributed by atoms with E-state index in [0.717, 1.165) is 31.6 Å². The SMILES string of the molecule is O=C(CCN1CCC(C2CCCN2)CC1)Nc1ccccc1Cl. The number of carbonyl (C=O) groups excluding carboxylic acids is 1. The molecule has 0 radical (unpaired) electrons. The average molecular weight is 336 g/mol. The molecule has 1 unspecified atom stereocenters. The van der Waals surface area contributed by atoms with Crippen LogP contribution in [-0.2, 0) is 4.79 Å². The van der Waals surface area contributed by atoms with Crippen LogP contribution in [0.3, 0.4) is 0 Å². The van der Waals surface area contributed by atoms with Gasteiger partial charge < -0.3 is 15.5 Å². The first-order valence-corrected chi connectivity index (χ1v) is 9.10. The van der Waals surface area contributed by atoms with Crippen LogP contribution in [0.25, 0.3) is 0 Å². The molecule has 0 spiro atoms. The van der Waals surface area contributed by atoms with Gasteiger partial charge in [-0.3, -0.25) is 4.79 Å². The summed E-state index contributed by atoms with van der Waals surface area (Å²) in [5.74, 6) is 0.864. The zero-order chi connectivity index (χ0) is 16.1. The summed E-state index contributed by atoms with van der Waals surface area (Å²) in [6, 6.07) is 8.10. The summed E-state index contributed by atoms with van der Waals surface area (Å²) < 4.78 is 0. The molecule has 0 saturated carbocycles. The number of nitrogens with zero attached hydrogens (tertiary/aromatic N) is 1. The van der Waals surface area contributed by atoms with Gasteiger partial charge in [0.05, 0.1) is 10.7 Å². The van der Waals surface area contributed by atoms with Crippen molar-refractivity contribution in [3.05, 3.63) is 29.3 Å². The summed E-state index contributed by atoms with van der Waals surface area (Å²) in [6.07, 6.45) is 5.70. The normalized spacial score (nSPS) is 23.1. The lowest BCUT2D eigenvalue weighted by atomic mass is 9.88. The second-order valence-corrected chi connectivity index (χ2v) is 7.07. The van der Waals surface area contributed by atoms with E-state index in [2.05, 4.69) is 15.5 Å². The topological polar surface area (TPSA) is 44.4 Å². The molecule has 2 fully saturated rings. The lowest BCUT2D eigenvalue weighted by Crippen LogP contribution is -2.41. The van der Waals surface area contributed by atoms with Crippen LogP contribution in [0.15, 0.2) is 24.3 Å². The second-order valence-electron chi connectivity index (χ2n) is 6.66. The molecule has 126 valence electrons. The quantitative estimate of drug-likeness (QED) is 0.869. The molecule has 23 heavy (non-hydrogen) atoms. The molecule has 1 amide bonds. The third-order valence-electron chi connectivity index (χ3n) is 5.10. The lowest BCUT2D eigenvalue weighted by Gasteiger charge is -2.34. The van der Waals surface area contributed by atoms with E-state index in [4.69, 9.17) is 11.6 Å². The Bertz CT molecular complexity index is 523. The Morgan fingerprint density at radius 3 is 2.74 bits per heavy atom. The van der Waals surface area contributed by atoms with Crippen molar-refractivity contribution >= 4 is 23.2 Å². The van der Waals surface area contributed by atoms with Gasteiger partial charge in [-0.25, -0.2) is 0 Å². The third kappa shape index (κ3) is 4.69. The second kappa shape index (κ2) is 8.13. The van der Waals surface area contributed by atoms with Crippen LogP contribution >= 0.6 is 11.6 Å².